The van der Waals surface area contributed by atoms with Crippen LogP contribution in [0.2, 0.25) is 0 Å². The Labute approximate surface area is 112 Å². The van der Waals surface area contributed by atoms with Gasteiger partial charge in [-0.1, -0.05) is 13.0 Å². The van der Waals surface area contributed by atoms with E-state index in [1.165, 1.54) is 6.07 Å². The zero-order valence-electron chi connectivity index (χ0n) is 11.2. The van der Waals surface area contributed by atoms with E-state index in [0.717, 1.165) is 31.6 Å². The fraction of sp³-hybridized carbons (Fsp3) is 0.500. The number of benzene rings is 1. The standard InChI is InChI=1S/C14H20FN3O/c1-2-11(16)14(19)17-13-10(15)6-5-7-12(13)18-8-3-4-9-18/h5-7,11H,2-4,8-9,16H2,1H3,(H,17,19)/t11-/m0/s1. The van der Waals surface area contributed by atoms with Crippen LogP contribution in [0, 0.1) is 5.82 Å². The third-order valence-electron chi connectivity index (χ3n) is 3.46. The topological polar surface area (TPSA) is 58.4 Å². The number of amides is 1. The number of para-hydroxylation sites is 1. The van der Waals surface area contributed by atoms with E-state index >= 15 is 0 Å². The van der Waals surface area contributed by atoms with Crippen LogP contribution < -0.4 is 16.0 Å². The number of hydrogen-bond acceptors (Lipinski definition) is 3. The Kier molecular flexibility index (Phi) is 4.37. The second-order valence-corrected chi connectivity index (χ2v) is 4.83. The molecule has 1 aliphatic heterocycles. The maximum Gasteiger partial charge on any atom is 0.241 e. The lowest BCUT2D eigenvalue weighted by atomic mass is 10.2. The molecule has 1 aliphatic rings. The highest BCUT2D eigenvalue weighted by Gasteiger charge is 2.21. The first kappa shape index (κ1) is 13.8. The van der Waals surface area contributed by atoms with Crippen molar-refractivity contribution in [2.75, 3.05) is 23.3 Å². The van der Waals surface area contributed by atoms with Gasteiger partial charge in [-0.3, -0.25) is 4.79 Å². The van der Waals surface area contributed by atoms with Crippen molar-refractivity contribution in [3.63, 3.8) is 0 Å². The Balaban J connectivity index is 2.25. The molecule has 3 N–H and O–H groups in total. The molecule has 0 aromatic heterocycles. The van der Waals surface area contributed by atoms with Crippen LogP contribution in [0.4, 0.5) is 15.8 Å². The number of carbonyl (C=O) groups is 1. The normalized spacial score (nSPS) is 16.5. The molecular formula is C14H20FN3O. The van der Waals surface area contributed by atoms with Gasteiger partial charge in [-0.2, -0.15) is 0 Å². The largest absolute Gasteiger partial charge is 0.370 e. The number of nitrogens with one attached hydrogen (secondary N) is 1. The number of hydrogen-bond donors (Lipinski definition) is 2. The molecule has 1 heterocycles. The van der Waals surface area contributed by atoms with E-state index in [1.54, 1.807) is 6.07 Å². The zero-order valence-corrected chi connectivity index (χ0v) is 11.2. The predicted octanol–water partition coefficient (Wildman–Crippen LogP) is 2.10. The molecule has 2 rings (SSSR count). The van der Waals surface area contributed by atoms with Crippen LogP contribution in [0.25, 0.3) is 0 Å². The van der Waals surface area contributed by atoms with Crippen molar-refractivity contribution in [3.05, 3.63) is 24.0 Å². The molecule has 19 heavy (non-hydrogen) atoms. The smallest absolute Gasteiger partial charge is 0.241 e. The Morgan fingerprint density at radius 2 is 2.16 bits per heavy atom. The maximum atomic E-state index is 13.9. The van der Waals surface area contributed by atoms with Gasteiger partial charge in [0.1, 0.15) is 11.5 Å². The van der Waals surface area contributed by atoms with Crippen molar-refractivity contribution in [1.82, 2.24) is 0 Å². The van der Waals surface area contributed by atoms with Crippen LogP contribution in [0.3, 0.4) is 0 Å². The van der Waals surface area contributed by atoms with Crippen molar-refractivity contribution < 1.29 is 9.18 Å². The van der Waals surface area contributed by atoms with Gasteiger partial charge in [0.25, 0.3) is 0 Å². The zero-order chi connectivity index (χ0) is 13.8. The third kappa shape index (κ3) is 3.04. The maximum absolute atomic E-state index is 13.9. The molecular weight excluding hydrogens is 245 g/mol. The summed E-state index contributed by atoms with van der Waals surface area (Å²) < 4.78 is 13.9. The summed E-state index contributed by atoms with van der Waals surface area (Å²) >= 11 is 0. The van der Waals surface area contributed by atoms with Crippen LogP contribution in [-0.4, -0.2) is 25.0 Å². The van der Waals surface area contributed by atoms with Crippen LogP contribution in [0.15, 0.2) is 18.2 Å². The lowest BCUT2D eigenvalue weighted by Crippen LogP contribution is -2.35. The SMILES string of the molecule is CC[C@H](N)C(=O)Nc1c(F)cccc1N1CCCC1. The summed E-state index contributed by atoms with van der Waals surface area (Å²) in [5.41, 5.74) is 6.66. The van der Waals surface area contributed by atoms with Crippen LogP contribution >= 0.6 is 0 Å². The summed E-state index contributed by atoms with van der Waals surface area (Å²) in [6, 6.07) is 4.25. The van der Waals surface area contributed by atoms with Gasteiger partial charge < -0.3 is 16.0 Å². The highest BCUT2D eigenvalue weighted by molar-refractivity contribution is 5.97. The average molecular weight is 265 g/mol. The van der Waals surface area contributed by atoms with Gasteiger partial charge in [-0.15, -0.1) is 0 Å². The number of carbonyl (C=O) groups excluding carboxylic acids is 1. The first-order chi connectivity index (χ1) is 9.13. The molecule has 1 atom stereocenters. The van der Waals surface area contributed by atoms with Crippen molar-refractivity contribution in [1.29, 1.82) is 0 Å². The van der Waals surface area contributed by atoms with Gasteiger partial charge in [-0.05, 0) is 31.4 Å². The summed E-state index contributed by atoms with van der Waals surface area (Å²) in [4.78, 5) is 13.9. The molecule has 0 spiro atoms. The monoisotopic (exact) mass is 265 g/mol. The van der Waals surface area contributed by atoms with Crippen LogP contribution in [0.5, 0.6) is 0 Å². The van der Waals surface area contributed by atoms with E-state index in [2.05, 4.69) is 10.2 Å². The van der Waals surface area contributed by atoms with Gasteiger partial charge >= 0.3 is 0 Å². The van der Waals surface area contributed by atoms with Crippen LogP contribution in [0.1, 0.15) is 26.2 Å². The quantitative estimate of drug-likeness (QED) is 0.876. The van der Waals surface area contributed by atoms with Crippen molar-refractivity contribution in [2.45, 2.75) is 32.2 Å². The molecule has 1 amide bonds. The molecule has 0 bridgehead atoms. The van der Waals surface area contributed by atoms with Gasteiger partial charge in [-0.25, -0.2) is 4.39 Å². The number of nitrogens with zero attached hydrogens (tertiary/aromatic N) is 1. The molecule has 1 aromatic rings. The molecule has 0 radical (unpaired) electrons. The fourth-order valence-electron chi connectivity index (χ4n) is 2.26. The summed E-state index contributed by atoms with van der Waals surface area (Å²) in [5, 5.41) is 2.63. The second kappa shape index (κ2) is 6.02. The highest BCUT2D eigenvalue weighted by atomic mass is 19.1. The molecule has 1 aromatic carbocycles. The lowest BCUT2D eigenvalue weighted by Gasteiger charge is -2.22. The summed E-state index contributed by atoms with van der Waals surface area (Å²) in [6.07, 6.45) is 2.72. The first-order valence-electron chi connectivity index (χ1n) is 6.73. The fourth-order valence-corrected chi connectivity index (χ4v) is 2.26. The first-order valence-corrected chi connectivity index (χ1v) is 6.73. The lowest BCUT2D eigenvalue weighted by molar-refractivity contribution is -0.117. The highest BCUT2D eigenvalue weighted by Crippen LogP contribution is 2.31. The van der Waals surface area contributed by atoms with Gasteiger partial charge in [0.05, 0.1) is 11.7 Å². The summed E-state index contributed by atoms with van der Waals surface area (Å²) in [7, 11) is 0. The minimum atomic E-state index is -0.606. The van der Waals surface area contributed by atoms with Gasteiger partial charge in [0.15, 0.2) is 0 Å². The molecule has 5 heteroatoms. The number of anilines is 2. The molecule has 0 saturated carbocycles. The van der Waals surface area contributed by atoms with E-state index in [0.29, 0.717) is 6.42 Å². The van der Waals surface area contributed by atoms with E-state index in [9.17, 15) is 9.18 Å². The second-order valence-electron chi connectivity index (χ2n) is 4.83. The minimum Gasteiger partial charge on any atom is -0.370 e. The Morgan fingerprint density at radius 1 is 1.47 bits per heavy atom. The van der Waals surface area contributed by atoms with E-state index in [4.69, 9.17) is 5.73 Å². The molecule has 1 fully saturated rings. The van der Waals surface area contributed by atoms with Crippen molar-refractivity contribution >= 4 is 17.3 Å². The van der Waals surface area contributed by atoms with Crippen molar-refractivity contribution in [3.8, 4) is 0 Å². The van der Waals surface area contributed by atoms with Crippen LogP contribution in [-0.2, 0) is 4.79 Å². The van der Waals surface area contributed by atoms with Crippen molar-refractivity contribution in [2.24, 2.45) is 5.73 Å². The molecule has 0 aliphatic carbocycles. The molecule has 0 unspecified atom stereocenters. The molecule has 4 nitrogen and oxygen atoms in total. The predicted molar refractivity (Wildman–Crippen MR) is 74.7 cm³/mol. The van der Waals surface area contributed by atoms with Gasteiger partial charge in [0.2, 0.25) is 5.91 Å². The number of nitrogens with two attached hydrogens (primary N) is 1. The number of rotatable bonds is 4. The van der Waals surface area contributed by atoms with E-state index in [1.807, 2.05) is 13.0 Å². The molecule has 1 saturated heterocycles. The molecule has 104 valence electrons. The summed E-state index contributed by atoms with van der Waals surface area (Å²) in [6.45, 7) is 3.62. The Morgan fingerprint density at radius 3 is 2.79 bits per heavy atom. The Bertz CT molecular complexity index is 458. The van der Waals surface area contributed by atoms with E-state index < -0.39 is 11.9 Å². The van der Waals surface area contributed by atoms with E-state index in [-0.39, 0.29) is 11.6 Å². The summed E-state index contributed by atoms with van der Waals surface area (Å²) in [5.74, 6) is -0.755. The minimum absolute atomic E-state index is 0.248. The Hall–Kier alpha value is -1.62. The van der Waals surface area contributed by atoms with Gasteiger partial charge in [0, 0.05) is 13.1 Å². The number of halogens is 1. The third-order valence-corrected chi connectivity index (χ3v) is 3.46. The average Bonchev–Trinajstić information content (AvgIpc) is 2.93.